The van der Waals surface area contributed by atoms with Gasteiger partial charge >= 0.3 is 0 Å². The lowest BCUT2D eigenvalue weighted by atomic mass is 10.1. The van der Waals surface area contributed by atoms with E-state index in [0.29, 0.717) is 22.7 Å². The smallest absolute Gasteiger partial charge is 0.262 e. The van der Waals surface area contributed by atoms with Crippen LogP contribution in [-0.4, -0.2) is 35.1 Å². The Morgan fingerprint density at radius 1 is 1.00 bits per heavy atom. The molecule has 4 rings (SSSR count). The minimum atomic E-state index is -0.298. The number of ether oxygens (including phenoxy) is 2. The summed E-state index contributed by atoms with van der Waals surface area (Å²) in [6.45, 7) is 1.78. The van der Waals surface area contributed by atoms with Crippen molar-refractivity contribution in [1.82, 2.24) is 14.9 Å². The van der Waals surface area contributed by atoms with Gasteiger partial charge in [-0.2, -0.15) is 0 Å². The molecule has 8 heteroatoms. The van der Waals surface area contributed by atoms with Gasteiger partial charge < -0.3 is 24.7 Å². The first-order chi connectivity index (χ1) is 17.0. The summed E-state index contributed by atoms with van der Waals surface area (Å²) in [7, 11) is 1.56. The number of carbonyl (C=O) groups excluding carboxylic acids is 2. The van der Waals surface area contributed by atoms with Crippen LogP contribution < -0.4 is 20.1 Å². The maximum atomic E-state index is 12.7. The number of hydrogen-bond donors (Lipinski definition) is 2. The SMILES string of the molecule is COc1cccc(NC(=O)COc2ccc(C(=O)N[C@H](C)c3ccc(-n4ccnc4)cc3)cc2)c1. The fraction of sp³-hybridized carbons (Fsp3) is 0.148. The average molecular weight is 471 g/mol. The monoisotopic (exact) mass is 470 g/mol. The summed E-state index contributed by atoms with van der Waals surface area (Å²) in [4.78, 5) is 28.9. The molecule has 1 aromatic heterocycles. The van der Waals surface area contributed by atoms with E-state index in [1.54, 1.807) is 68.2 Å². The molecule has 178 valence electrons. The molecular formula is C27H26N4O4. The largest absolute Gasteiger partial charge is 0.497 e. The third kappa shape index (κ3) is 6.26. The zero-order valence-electron chi connectivity index (χ0n) is 19.5. The molecule has 0 aliphatic rings. The molecule has 0 bridgehead atoms. The first kappa shape index (κ1) is 23.6. The van der Waals surface area contributed by atoms with Gasteiger partial charge in [0.05, 0.1) is 19.5 Å². The van der Waals surface area contributed by atoms with Gasteiger partial charge in [0.1, 0.15) is 11.5 Å². The van der Waals surface area contributed by atoms with Crippen LogP contribution in [0.25, 0.3) is 5.69 Å². The molecule has 1 atom stereocenters. The van der Waals surface area contributed by atoms with Gasteiger partial charge in [0.2, 0.25) is 0 Å². The second-order valence-electron chi connectivity index (χ2n) is 7.85. The molecule has 0 fully saturated rings. The highest BCUT2D eigenvalue weighted by atomic mass is 16.5. The topological polar surface area (TPSA) is 94.5 Å². The van der Waals surface area contributed by atoms with Crippen molar-refractivity contribution in [1.29, 1.82) is 0 Å². The maximum absolute atomic E-state index is 12.7. The lowest BCUT2D eigenvalue weighted by Crippen LogP contribution is -2.26. The van der Waals surface area contributed by atoms with Gasteiger partial charge in [-0.15, -0.1) is 0 Å². The van der Waals surface area contributed by atoms with Crippen molar-refractivity contribution in [2.75, 3.05) is 19.0 Å². The van der Waals surface area contributed by atoms with Gasteiger partial charge in [0.25, 0.3) is 11.8 Å². The summed E-state index contributed by atoms with van der Waals surface area (Å²) >= 11 is 0. The fourth-order valence-electron chi connectivity index (χ4n) is 3.46. The molecule has 35 heavy (non-hydrogen) atoms. The van der Waals surface area contributed by atoms with Gasteiger partial charge in [-0.3, -0.25) is 9.59 Å². The Morgan fingerprint density at radius 3 is 2.46 bits per heavy atom. The number of nitrogens with one attached hydrogen (secondary N) is 2. The van der Waals surface area contributed by atoms with Crippen molar-refractivity contribution in [3.8, 4) is 17.2 Å². The third-order valence-corrected chi connectivity index (χ3v) is 5.38. The van der Waals surface area contributed by atoms with Crippen LogP contribution >= 0.6 is 0 Å². The van der Waals surface area contributed by atoms with Crippen molar-refractivity contribution >= 4 is 17.5 Å². The zero-order valence-corrected chi connectivity index (χ0v) is 19.5. The molecule has 0 unspecified atom stereocenters. The van der Waals surface area contributed by atoms with Crippen LogP contribution in [0.2, 0.25) is 0 Å². The van der Waals surface area contributed by atoms with Gasteiger partial charge in [-0.25, -0.2) is 4.98 Å². The number of amides is 2. The van der Waals surface area contributed by atoms with E-state index in [4.69, 9.17) is 9.47 Å². The standard InChI is InChI=1S/C27H26N4O4/c1-19(20-6-10-23(11-7-20)31-15-14-28-18-31)29-27(33)21-8-12-24(13-9-21)35-17-26(32)30-22-4-3-5-25(16-22)34-2/h3-16,18-19H,17H2,1-2H3,(H,29,33)(H,30,32)/t19-/m1/s1. The van der Waals surface area contributed by atoms with Crippen molar-refractivity contribution in [2.24, 2.45) is 0 Å². The Labute approximate surface area is 203 Å². The number of rotatable bonds is 9. The van der Waals surface area contributed by atoms with E-state index < -0.39 is 0 Å². The second-order valence-corrected chi connectivity index (χ2v) is 7.85. The molecule has 1 heterocycles. The highest BCUT2D eigenvalue weighted by molar-refractivity contribution is 5.94. The molecule has 0 radical (unpaired) electrons. The summed E-state index contributed by atoms with van der Waals surface area (Å²) in [5.74, 6) is 0.648. The first-order valence-corrected chi connectivity index (χ1v) is 11.1. The molecule has 0 aliphatic heterocycles. The summed E-state index contributed by atoms with van der Waals surface area (Å²) in [6.07, 6.45) is 5.34. The van der Waals surface area contributed by atoms with Crippen LogP contribution in [0.1, 0.15) is 28.9 Å². The minimum absolute atomic E-state index is 0.158. The number of aromatic nitrogens is 2. The molecule has 0 aliphatic carbocycles. The number of hydrogen-bond acceptors (Lipinski definition) is 5. The molecule has 4 aromatic rings. The van der Waals surface area contributed by atoms with Gasteiger partial charge in [-0.05, 0) is 61.0 Å². The maximum Gasteiger partial charge on any atom is 0.262 e. The summed E-state index contributed by atoms with van der Waals surface area (Å²) < 4.78 is 12.6. The molecule has 2 amide bonds. The van der Waals surface area contributed by atoms with Gasteiger partial charge in [-0.1, -0.05) is 18.2 Å². The van der Waals surface area contributed by atoms with Crippen molar-refractivity contribution < 1.29 is 19.1 Å². The fourth-order valence-corrected chi connectivity index (χ4v) is 3.46. The minimum Gasteiger partial charge on any atom is -0.497 e. The number of benzene rings is 3. The molecule has 0 saturated heterocycles. The molecule has 3 aromatic carbocycles. The van der Waals surface area contributed by atoms with E-state index in [1.165, 1.54) is 0 Å². The highest BCUT2D eigenvalue weighted by Gasteiger charge is 2.12. The summed E-state index contributed by atoms with van der Waals surface area (Å²) in [5.41, 5.74) is 3.11. The van der Waals surface area contributed by atoms with E-state index >= 15 is 0 Å². The Hall–Kier alpha value is -4.59. The van der Waals surface area contributed by atoms with Crippen molar-refractivity contribution in [2.45, 2.75) is 13.0 Å². The van der Waals surface area contributed by atoms with Crippen LogP contribution in [0, 0.1) is 0 Å². The molecule has 0 saturated carbocycles. The van der Waals surface area contributed by atoms with Gasteiger partial charge in [0.15, 0.2) is 6.61 Å². The lowest BCUT2D eigenvalue weighted by Gasteiger charge is -2.15. The van der Waals surface area contributed by atoms with E-state index in [-0.39, 0.29) is 24.5 Å². The molecular weight excluding hydrogens is 444 g/mol. The average Bonchev–Trinajstić information content (AvgIpc) is 3.43. The Kier molecular flexibility index (Phi) is 7.42. The van der Waals surface area contributed by atoms with Gasteiger partial charge in [0, 0.05) is 35.4 Å². The summed E-state index contributed by atoms with van der Waals surface area (Å²) in [5, 5.41) is 5.75. The summed E-state index contributed by atoms with van der Waals surface area (Å²) in [6, 6.07) is 21.5. The number of methoxy groups -OCH3 is 1. The van der Waals surface area contributed by atoms with E-state index in [9.17, 15) is 9.59 Å². The van der Waals surface area contributed by atoms with Crippen LogP contribution in [0.3, 0.4) is 0 Å². The van der Waals surface area contributed by atoms with Crippen molar-refractivity contribution in [3.05, 3.63) is 103 Å². The number of carbonyl (C=O) groups is 2. The van der Waals surface area contributed by atoms with Crippen LogP contribution in [-0.2, 0) is 4.79 Å². The van der Waals surface area contributed by atoms with E-state index in [0.717, 1.165) is 11.3 Å². The Bertz CT molecular complexity index is 1270. The quantitative estimate of drug-likeness (QED) is 0.378. The predicted octanol–water partition coefficient (Wildman–Crippen LogP) is 4.39. The first-order valence-electron chi connectivity index (χ1n) is 11.1. The molecule has 8 nitrogen and oxygen atoms in total. The number of nitrogens with zero attached hydrogens (tertiary/aromatic N) is 2. The lowest BCUT2D eigenvalue weighted by molar-refractivity contribution is -0.118. The zero-order chi connectivity index (χ0) is 24.6. The third-order valence-electron chi connectivity index (χ3n) is 5.38. The second kappa shape index (κ2) is 11.0. The highest BCUT2D eigenvalue weighted by Crippen LogP contribution is 2.19. The predicted molar refractivity (Wildman–Crippen MR) is 133 cm³/mol. The van der Waals surface area contributed by atoms with Crippen LogP contribution in [0.15, 0.2) is 91.5 Å². The normalized spacial score (nSPS) is 11.4. The number of anilines is 1. The molecule has 2 N–H and O–H groups in total. The molecule has 0 spiro atoms. The van der Waals surface area contributed by atoms with E-state index in [2.05, 4.69) is 15.6 Å². The Balaban J connectivity index is 1.27. The van der Waals surface area contributed by atoms with Crippen LogP contribution in [0.4, 0.5) is 5.69 Å². The van der Waals surface area contributed by atoms with E-state index in [1.807, 2.05) is 42.0 Å². The number of imidazole rings is 1. The van der Waals surface area contributed by atoms with Crippen molar-refractivity contribution in [3.63, 3.8) is 0 Å². The Morgan fingerprint density at radius 2 is 1.77 bits per heavy atom. The van der Waals surface area contributed by atoms with Crippen LogP contribution in [0.5, 0.6) is 11.5 Å².